The Labute approximate surface area is 157 Å². The second kappa shape index (κ2) is 10.1. The first-order valence-electron chi connectivity index (χ1n) is 8.52. The lowest BCUT2D eigenvalue weighted by Crippen LogP contribution is -2.45. The summed E-state index contributed by atoms with van der Waals surface area (Å²) in [6.45, 7) is 5.37. The number of aryl methyl sites for hydroxylation is 1. The third-order valence-corrected chi connectivity index (χ3v) is 4.64. The first-order valence-corrected chi connectivity index (χ1v) is 8.52. The molecule has 0 spiro atoms. The Morgan fingerprint density at radius 1 is 1.17 bits per heavy atom. The number of piperidine rings is 1. The highest BCUT2D eigenvalue weighted by Gasteiger charge is 2.24. The Balaban J connectivity index is 0.00000144. The van der Waals surface area contributed by atoms with E-state index in [1.165, 1.54) is 24.1 Å². The largest absolute Gasteiger partial charge is 0.382 e. The van der Waals surface area contributed by atoms with Crippen molar-refractivity contribution in [2.75, 3.05) is 31.5 Å². The number of hydrogen-bond donors (Lipinski definition) is 2. The van der Waals surface area contributed by atoms with Crippen LogP contribution in [0.25, 0.3) is 0 Å². The molecule has 0 unspecified atom stereocenters. The van der Waals surface area contributed by atoms with Gasteiger partial charge in [0.15, 0.2) is 0 Å². The van der Waals surface area contributed by atoms with Crippen molar-refractivity contribution in [2.24, 2.45) is 5.92 Å². The van der Waals surface area contributed by atoms with E-state index in [1.807, 2.05) is 4.90 Å². The molecule has 1 saturated heterocycles. The summed E-state index contributed by atoms with van der Waals surface area (Å²) < 4.78 is 0. The Bertz CT molecular complexity index is 515. The van der Waals surface area contributed by atoms with E-state index in [-0.39, 0.29) is 30.7 Å². The van der Waals surface area contributed by atoms with Crippen molar-refractivity contribution in [1.82, 2.24) is 10.2 Å². The van der Waals surface area contributed by atoms with Gasteiger partial charge in [0.25, 0.3) is 0 Å². The number of nitrogens with zero attached hydrogens (tertiary/aromatic N) is 1. The molecule has 136 valence electrons. The van der Waals surface area contributed by atoms with Crippen LogP contribution in [0.15, 0.2) is 24.3 Å². The molecular formula is C18H29Cl2N3O. The molecule has 3 rings (SSSR count). The van der Waals surface area contributed by atoms with Gasteiger partial charge in [-0.15, -0.1) is 24.8 Å². The van der Waals surface area contributed by atoms with Gasteiger partial charge in [0, 0.05) is 24.8 Å². The lowest BCUT2D eigenvalue weighted by molar-refractivity contribution is -0.131. The standard InChI is InChI=1S/C18H27N3O.2ClH/c1-14-3-2-4-17(11-14)20-16-7-9-21(10-8-16)18(22)13-19-12-15-5-6-15;;/h2-4,11,15-16,19-20H,5-10,12-13H2,1H3;2*1H. The molecule has 1 amide bonds. The molecule has 1 heterocycles. The smallest absolute Gasteiger partial charge is 0.236 e. The van der Waals surface area contributed by atoms with Crippen LogP contribution >= 0.6 is 24.8 Å². The third-order valence-electron chi connectivity index (χ3n) is 4.64. The maximum atomic E-state index is 12.2. The predicted molar refractivity (Wildman–Crippen MR) is 104 cm³/mol. The molecule has 1 aliphatic carbocycles. The molecule has 0 radical (unpaired) electrons. The Morgan fingerprint density at radius 3 is 2.50 bits per heavy atom. The summed E-state index contributed by atoms with van der Waals surface area (Å²) in [6.07, 6.45) is 4.72. The summed E-state index contributed by atoms with van der Waals surface area (Å²) >= 11 is 0. The number of hydrogen-bond acceptors (Lipinski definition) is 3. The van der Waals surface area contributed by atoms with E-state index in [4.69, 9.17) is 0 Å². The molecule has 0 aromatic heterocycles. The molecule has 0 bridgehead atoms. The summed E-state index contributed by atoms with van der Waals surface area (Å²) in [5.41, 5.74) is 2.47. The number of rotatable bonds is 6. The zero-order valence-electron chi connectivity index (χ0n) is 14.3. The number of likely N-dealkylation sites (tertiary alicyclic amines) is 1. The van der Waals surface area contributed by atoms with E-state index >= 15 is 0 Å². The minimum atomic E-state index is 0. The molecule has 24 heavy (non-hydrogen) atoms. The molecule has 2 aliphatic rings. The molecular weight excluding hydrogens is 345 g/mol. The fraction of sp³-hybridized carbons (Fsp3) is 0.611. The second-order valence-corrected chi connectivity index (χ2v) is 6.74. The van der Waals surface area contributed by atoms with Crippen molar-refractivity contribution < 1.29 is 4.79 Å². The van der Waals surface area contributed by atoms with Crippen LogP contribution in [0.5, 0.6) is 0 Å². The van der Waals surface area contributed by atoms with Crippen molar-refractivity contribution in [3.8, 4) is 0 Å². The number of carbonyl (C=O) groups is 1. The second-order valence-electron chi connectivity index (χ2n) is 6.74. The van der Waals surface area contributed by atoms with Gasteiger partial charge >= 0.3 is 0 Å². The quantitative estimate of drug-likeness (QED) is 0.804. The molecule has 4 nitrogen and oxygen atoms in total. The maximum Gasteiger partial charge on any atom is 0.236 e. The average Bonchev–Trinajstić information content (AvgIpc) is 3.32. The molecule has 0 atom stereocenters. The van der Waals surface area contributed by atoms with Crippen molar-refractivity contribution in [3.63, 3.8) is 0 Å². The van der Waals surface area contributed by atoms with Crippen LogP contribution in [-0.2, 0) is 4.79 Å². The van der Waals surface area contributed by atoms with Crippen molar-refractivity contribution >= 4 is 36.4 Å². The summed E-state index contributed by atoms with van der Waals surface area (Å²) in [5.74, 6) is 1.09. The third kappa shape index (κ3) is 6.50. The fourth-order valence-corrected chi connectivity index (χ4v) is 3.06. The topological polar surface area (TPSA) is 44.4 Å². The van der Waals surface area contributed by atoms with Gasteiger partial charge in [0.05, 0.1) is 6.54 Å². The van der Waals surface area contributed by atoms with Crippen LogP contribution in [-0.4, -0.2) is 43.0 Å². The SMILES string of the molecule is Cc1cccc(NC2CCN(C(=O)CNCC3CC3)CC2)c1.Cl.Cl. The van der Waals surface area contributed by atoms with Crippen molar-refractivity contribution in [2.45, 2.75) is 38.6 Å². The summed E-state index contributed by atoms with van der Waals surface area (Å²) in [6, 6.07) is 8.97. The predicted octanol–water partition coefficient (Wildman–Crippen LogP) is 3.24. The van der Waals surface area contributed by atoms with Crippen LogP contribution < -0.4 is 10.6 Å². The molecule has 1 aromatic carbocycles. The average molecular weight is 374 g/mol. The zero-order chi connectivity index (χ0) is 15.4. The van der Waals surface area contributed by atoms with E-state index in [1.54, 1.807) is 0 Å². The first kappa shape index (κ1) is 21.1. The summed E-state index contributed by atoms with van der Waals surface area (Å²) in [4.78, 5) is 14.2. The Morgan fingerprint density at radius 2 is 1.88 bits per heavy atom. The Hall–Kier alpha value is -0.970. The van der Waals surface area contributed by atoms with Gasteiger partial charge in [-0.1, -0.05) is 12.1 Å². The van der Waals surface area contributed by atoms with Crippen LogP contribution in [0.2, 0.25) is 0 Å². The molecule has 2 N–H and O–H groups in total. The number of amides is 1. The van der Waals surface area contributed by atoms with Gasteiger partial charge in [-0.05, 0) is 62.8 Å². The maximum absolute atomic E-state index is 12.2. The molecule has 6 heteroatoms. The molecule has 1 aromatic rings. The van der Waals surface area contributed by atoms with Gasteiger partial charge in [-0.3, -0.25) is 4.79 Å². The zero-order valence-corrected chi connectivity index (χ0v) is 15.9. The van der Waals surface area contributed by atoms with Crippen molar-refractivity contribution in [3.05, 3.63) is 29.8 Å². The first-order chi connectivity index (χ1) is 10.7. The van der Waals surface area contributed by atoms with E-state index in [2.05, 4.69) is 41.8 Å². The van der Waals surface area contributed by atoms with E-state index in [9.17, 15) is 4.79 Å². The summed E-state index contributed by atoms with van der Waals surface area (Å²) in [7, 11) is 0. The normalized spacial score (nSPS) is 17.6. The highest BCUT2D eigenvalue weighted by molar-refractivity contribution is 5.85. The van der Waals surface area contributed by atoms with E-state index in [0.717, 1.165) is 38.4 Å². The molecule has 2 fully saturated rings. The number of carbonyl (C=O) groups excluding carboxylic acids is 1. The van der Waals surface area contributed by atoms with Gasteiger partial charge in [0.1, 0.15) is 0 Å². The van der Waals surface area contributed by atoms with Gasteiger partial charge in [-0.2, -0.15) is 0 Å². The minimum Gasteiger partial charge on any atom is -0.382 e. The van der Waals surface area contributed by atoms with Crippen LogP contribution in [0, 0.1) is 12.8 Å². The molecule has 1 saturated carbocycles. The monoisotopic (exact) mass is 373 g/mol. The van der Waals surface area contributed by atoms with Crippen LogP contribution in [0.3, 0.4) is 0 Å². The fourth-order valence-electron chi connectivity index (χ4n) is 3.06. The lowest BCUT2D eigenvalue weighted by atomic mass is 10.0. The van der Waals surface area contributed by atoms with Gasteiger partial charge < -0.3 is 15.5 Å². The number of halogens is 2. The lowest BCUT2D eigenvalue weighted by Gasteiger charge is -2.33. The number of benzene rings is 1. The van der Waals surface area contributed by atoms with Crippen LogP contribution in [0.1, 0.15) is 31.2 Å². The number of nitrogens with one attached hydrogen (secondary N) is 2. The van der Waals surface area contributed by atoms with Gasteiger partial charge in [0.2, 0.25) is 5.91 Å². The number of anilines is 1. The van der Waals surface area contributed by atoms with E-state index < -0.39 is 0 Å². The minimum absolute atomic E-state index is 0. The van der Waals surface area contributed by atoms with Crippen LogP contribution in [0.4, 0.5) is 5.69 Å². The highest BCUT2D eigenvalue weighted by atomic mass is 35.5. The van der Waals surface area contributed by atoms with Gasteiger partial charge in [-0.25, -0.2) is 0 Å². The van der Waals surface area contributed by atoms with E-state index in [0.29, 0.717) is 12.6 Å². The summed E-state index contributed by atoms with van der Waals surface area (Å²) in [5, 5.41) is 6.89. The molecule has 1 aliphatic heterocycles. The van der Waals surface area contributed by atoms with Crippen molar-refractivity contribution in [1.29, 1.82) is 0 Å². The Kier molecular flexibility index (Phi) is 8.88. The highest BCUT2D eigenvalue weighted by Crippen LogP contribution is 2.27.